The summed E-state index contributed by atoms with van der Waals surface area (Å²) in [6.07, 6.45) is 2.75. The van der Waals surface area contributed by atoms with Gasteiger partial charge in [-0.3, -0.25) is 0 Å². The number of nitrogens with zero attached hydrogens (tertiary/aromatic N) is 1. The Labute approximate surface area is 66.1 Å². The lowest BCUT2D eigenvalue weighted by Crippen LogP contribution is -2.17. The van der Waals surface area contributed by atoms with E-state index < -0.39 is 0 Å². The van der Waals surface area contributed by atoms with Crippen LogP contribution in [0.3, 0.4) is 0 Å². The van der Waals surface area contributed by atoms with Crippen LogP contribution >= 0.6 is 0 Å². The molecule has 0 aliphatic carbocycles. The lowest BCUT2D eigenvalue weighted by atomic mass is 10.4. The molecule has 0 heterocycles. The molecule has 0 fully saturated rings. The van der Waals surface area contributed by atoms with Gasteiger partial charge in [0.25, 0.3) is 0 Å². The summed E-state index contributed by atoms with van der Waals surface area (Å²) in [6, 6.07) is 0. The van der Waals surface area contributed by atoms with Crippen molar-refractivity contribution in [2.75, 3.05) is 20.3 Å². The highest BCUT2D eigenvalue weighted by Gasteiger charge is 2.00. The first-order valence-corrected chi connectivity index (χ1v) is 3.24. The van der Waals surface area contributed by atoms with Gasteiger partial charge < -0.3 is 14.7 Å². The van der Waals surface area contributed by atoms with Crippen LogP contribution in [0.1, 0.15) is 0 Å². The maximum atomic E-state index is 8.01. The number of hydrogen-bond acceptors (Lipinski definition) is 4. The molecule has 1 N–H and O–H groups in total. The molecule has 0 aliphatic rings. The number of hydrogen-bond donors (Lipinski definition) is 1. The van der Waals surface area contributed by atoms with Crippen molar-refractivity contribution in [1.82, 2.24) is 0 Å². The van der Waals surface area contributed by atoms with Gasteiger partial charge in [0.15, 0.2) is 0 Å². The second-order valence-electron chi connectivity index (χ2n) is 1.86. The molecule has 0 saturated heterocycles. The second-order valence-corrected chi connectivity index (χ2v) is 1.86. The van der Waals surface area contributed by atoms with Gasteiger partial charge in [-0.05, 0) is 0 Å². The van der Waals surface area contributed by atoms with E-state index in [4.69, 9.17) is 14.7 Å². The summed E-state index contributed by atoms with van der Waals surface area (Å²) in [5.74, 6) is 0. The molecule has 0 amide bonds. The maximum absolute atomic E-state index is 8.01. The van der Waals surface area contributed by atoms with Crippen molar-refractivity contribution in [3.63, 3.8) is 0 Å². The van der Waals surface area contributed by atoms with Gasteiger partial charge >= 0.3 is 0 Å². The minimum atomic E-state index is -0.141. The number of rotatable bonds is 6. The van der Waals surface area contributed by atoms with Crippen molar-refractivity contribution in [2.24, 2.45) is 5.16 Å². The first-order valence-electron chi connectivity index (χ1n) is 3.24. The summed E-state index contributed by atoms with van der Waals surface area (Å²) in [7, 11) is 1.58. The third-order valence-electron chi connectivity index (χ3n) is 1.06. The largest absolute Gasteiger partial charge is 0.411 e. The Morgan fingerprint density at radius 1 is 1.73 bits per heavy atom. The fourth-order valence-electron chi connectivity index (χ4n) is 0.548. The zero-order valence-corrected chi connectivity index (χ0v) is 6.56. The number of methoxy groups -OCH3 is 1. The van der Waals surface area contributed by atoms with Crippen molar-refractivity contribution in [3.05, 3.63) is 12.7 Å². The van der Waals surface area contributed by atoms with Crippen LogP contribution in [0.4, 0.5) is 0 Å². The highest BCUT2D eigenvalue weighted by atomic mass is 16.5. The summed E-state index contributed by atoms with van der Waals surface area (Å²) in [4.78, 5) is 0. The van der Waals surface area contributed by atoms with E-state index in [1.807, 2.05) is 0 Å². The van der Waals surface area contributed by atoms with Crippen LogP contribution in [0.5, 0.6) is 0 Å². The zero-order chi connectivity index (χ0) is 8.53. The Morgan fingerprint density at radius 3 is 2.91 bits per heavy atom. The van der Waals surface area contributed by atoms with Crippen LogP contribution in [0.25, 0.3) is 0 Å². The van der Waals surface area contributed by atoms with E-state index in [0.717, 1.165) is 0 Å². The number of oxime groups is 1. The van der Waals surface area contributed by atoms with E-state index in [1.54, 1.807) is 13.2 Å². The Morgan fingerprint density at radius 2 is 2.45 bits per heavy atom. The van der Waals surface area contributed by atoms with E-state index in [2.05, 4.69) is 11.7 Å². The molecule has 0 aromatic rings. The molecular formula is C7H13NO3. The Hall–Kier alpha value is -0.870. The van der Waals surface area contributed by atoms with Gasteiger partial charge in [-0.2, -0.15) is 0 Å². The van der Waals surface area contributed by atoms with Crippen LogP contribution in [-0.4, -0.2) is 37.8 Å². The standard InChI is InChI=1S/C7H13NO3/c1-3-7(6-10-2)11-5-4-8-9/h3-4,7,9H,1,5-6H2,2H3/b8-4-/t7-/m0/s1. The average Bonchev–Trinajstić information content (AvgIpc) is 2.03. The van der Waals surface area contributed by atoms with E-state index in [-0.39, 0.29) is 12.7 Å². The maximum Gasteiger partial charge on any atom is 0.0991 e. The van der Waals surface area contributed by atoms with Gasteiger partial charge in [0.05, 0.1) is 25.5 Å². The lowest BCUT2D eigenvalue weighted by Gasteiger charge is -2.09. The molecule has 0 radical (unpaired) electrons. The molecule has 0 aromatic heterocycles. The van der Waals surface area contributed by atoms with Crippen molar-refractivity contribution < 1.29 is 14.7 Å². The predicted octanol–water partition coefficient (Wildman–Crippen LogP) is 0.664. The van der Waals surface area contributed by atoms with E-state index in [9.17, 15) is 0 Å². The molecule has 11 heavy (non-hydrogen) atoms. The first-order chi connectivity index (χ1) is 5.35. The van der Waals surface area contributed by atoms with Gasteiger partial charge in [0.1, 0.15) is 0 Å². The molecule has 0 aliphatic heterocycles. The Balaban J connectivity index is 3.43. The minimum absolute atomic E-state index is 0.141. The van der Waals surface area contributed by atoms with Gasteiger partial charge in [-0.25, -0.2) is 0 Å². The Bertz CT molecular complexity index is 125. The minimum Gasteiger partial charge on any atom is -0.411 e. The molecule has 0 aromatic carbocycles. The van der Waals surface area contributed by atoms with Crippen LogP contribution in [0.2, 0.25) is 0 Å². The average molecular weight is 159 g/mol. The monoisotopic (exact) mass is 159 g/mol. The van der Waals surface area contributed by atoms with Gasteiger partial charge in [-0.15, -0.1) is 6.58 Å². The van der Waals surface area contributed by atoms with Gasteiger partial charge in [0.2, 0.25) is 0 Å². The highest BCUT2D eigenvalue weighted by Crippen LogP contribution is 1.92. The number of ether oxygens (including phenoxy) is 2. The molecule has 0 spiro atoms. The summed E-state index contributed by atoms with van der Waals surface area (Å²) < 4.78 is 9.94. The van der Waals surface area contributed by atoms with Crippen LogP contribution in [0, 0.1) is 0 Å². The van der Waals surface area contributed by atoms with E-state index in [1.165, 1.54) is 6.21 Å². The molecular weight excluding hydrogens is 146 g/mol. The Kier molecular flexibility index (Phi) is 6.67. The fourth-order valence-corrected chi connectivity index (χ4v) is 0.548. The quantitative estimate of drug-likeness (QED) is 0.268. The fraction of sp³-hybridized carbons (Fsp3) is 0.571. The molecule has 0 bridgehead atoms. The van der Waals surface area contributed by atoms with Crippen LogP contribution in [0.15, 0.2) is 17.8 Å². The predicted molar refractivity (Wildman–Crippen MR) is 42.1 cm³/mol. The van der Waals surface area contributed by atoms with Crippen molar-refractivity contribution in [2.45, 2.75) is 6.10 Å². The SMILES string of the molecule is C=C[C@@H](COC)OC/C=N\O. The molecule has 0 rings (SSSR count). The van der Waals surface area contributed by atoms with Crippen LogP contribution in [-0.2, 0) is 9.47 Å². The summed E-state index contributed by atoms with van der Waals surface area (Å²) in [6.45, 7) is 4.27. The summed E-state index contributed by atoms with van der Waals surface area (Å²) >= 11 is 0. The lowest BCUT2D eigenvalue weighted by molar-refractivity contribution is 0.0450. The summed E-state index contributed by atoms with van der Waals surface area (Å²) in [5.41, 5.74) is 0. The molecule has 0 saturated carbocycles. The van der Waals surface area contributed by atoms with Crippen LogP contribution < -0.4 is 0 Å². The highest BCUT2D eigenvalue weighted by molar-refractivity contribution is 5.57. The topological polar surface area (TPSA) is 51.0 Å². The van der Waals surface area contributed by atoms with E-state index in [0.29, 0.717) is 6.61 Å². The third kappa shape index (κ3) is 5.57. The van der Waals surface area contributed by atoms with Crippen molar-refractivity contribution in [1.29, 1.82) is 0 Å². The molecule has 4 nitrogen and oxygen atoms in total. The van der Waals surface area contributed by atoms with Gasteiger partial charge in [-0.1, -0.05) is 11.2 Å². The first kappa shape index (κ1) is 10.1. The summed E-state index contributed by atoms with van der Waals surface area (Å²) in [5, 5.41) is 10.8. The second kappa shape index (κ2) is 7.24. The van der Waals surface area contributed by atoms with Crippen molar-refractivity contribution in [3.8, 4) is 0 Å². The van der Waals surface area contributed by atoms with E-state index >= 15 is 0 Å². The zero-order valence-electron chi connectivity index (χ0n) is 6.56. The smallest absolute Gasteiger partial charge is 0.0991 e. The molecule has 4 heteroatoms. The molecule has 0 unspecified atom stereocenters. The third-order valence-corrected chi connectivity index (χ3v) is 1.06. The molecule has 64 valence electrons. The normalized spacial score (nSPS) is 13.5. The van der Waals surface area contributed by atoms with Crippen molar-refractivity contribution >= 4 is 6.21 Å². The molecule has 1 atom stereocenters. The van der Waals surface area contributed by atoms with Gasteiger partial charge in [0, 0.05) is 7.11 Å².